The standard InChI is InChI=1S/C22H20N4O2/c1-22-20-17(16-9-5-6-10-18(16)24-20)11-12-25(22)19(27)14-26(21(22)28)23-13-15-7-3-2-4-8-15/h2-10,13,24H,11-12,14H2,1H3/b23-13+/t22-/m1/s1. The van der Waals surface area contributed by atoms with Crippen molar-refractivity contribution in [2.45, 2.75) is 18.9 Å². The number of piperazine rings is 1. The van der Waals surface area contributed by atoms with Crippen LogP contribution in [0.3, 0.4) is 0 Å². The Hall–Kier alpha value is -3.41. The summed E-state index contributed by atoms with van der Waals surface area (Å²) in [5.41, 5.74) is 2.71. The zero-order valence-electron chi connectivity index (χ0n) is 15.6. The molecule has 5 rings (SSSR count). The fraction of sp³-hybridized carbons (Fsp3) is 0.227. The van der Waals surface area contributed by atoms with Gasteiger partial charge in [-0.3, -0.25) is 9.59 Å². The third kappa shape index (κ3) is 2.30. The largest absolute Gasteiger partial charge is 0.356 e. The number of H-pyrrole nitrogens is 1. The summed E-state index contributed by atoms with van der Waals surface area (Å²) in [5.74, 6) is -0.275. The molecule has 1 aromatic heterocycles. The zero-order valence-corrected chi connectivity index (χ0v) is 15.6. The molecule has 1 atom stereocenters. The minimum Gasteiger partial charge on any atom is -0.356 e. The maximum atomic E-state index is 13.5. The van der Waals surface area contributed by atoms with Crippen LogP contribution >= 0.6 is 0 Å². The third-order valence-electron chi connectivity index (χ3n) is 5.81. The van der Waals surface area contributed by atoms with Crippen molar-refractivity contribution >= 4 is 28.9 Å². The van der Waals surface area contributed by atoms with Gasteiger partial charge in [-0.2, -0.15) is 5.10 Å². The third-order valence-corrected chi connectivity index (χ3v) is 5.81. The predicted molar refractivity (Wildman–Crippen MR) is 107 cm³/mol. The number of hydrazone groups is 1. The molecule has 2 amide bonds. The van der Waals surface area contributed by atoms with E-state index >= 15 is 0 Å². The second-order valence-corrected chi connectivity index (χ2v) is 7.41. The number of aromatic nitrogens is 1. The Morgan fingerprint density at radius 3 is 2.64 bits per heavy atom. The molecule has 0 bridgehead atoms. The molecule has 1 N–H and O–H groups in total. The smallest absolute Gasteiger partial charge is 0.275 e. The Balaban J connectivity index is 1.59. The lowest BCUT2D eigenvalue weighted by molar-refractivity contribution is -0.165. The van der Waals surface area contributed by atoms with E-state index in [1.807, 2.05) is 55.5 Å². The van der Waals surface area contributed by atoms with Gasteiger partial charge in [-0.15, -0.1) is 0 Å². The van der Waals surface area contributed by atoms with Gasteiger partial charge in [0.1, 0.15) is 6.54 Å². The highest BCUT2D eigenvalue weighted by atomic mass is 16.2. The summed E-state index contributed by atoms with van der Waals surface area (Å²) < 4.78 is 0. The highest BCUT2D eigenvalue weighted by Gasteiger charge is 2.54. The summed E-state index contributed by atoms with van der Waals surface area (Å²) >= 11 is 0. The van der Waals surface area contributed by atoms with Crippen LogP contribution in [0.15, 0.2) is 59.7 Å². The quantitative estimate of drug-likeness (QED) is 0.703. The Morgan fingerprint density at radius 2 is 1.82 bits per heavy atom. The van der Waals surface area contributed by atoms with Gasteiger partial charge in [0.15, 0.2) is 5.54 Å². The maximum absolute atomic E-state index is 13.5. The second kappa shape index (κ2) is 6.05. The van der Waals surface area contributed by atoms with Crippen LogP contribution in [0.1, 0.15) is 23.7 Å². The van der Waals surface area contributed by atoms with Crippen molar-refractivity contribution < 1.29 is 9.59 Å². The summed E-state index contributed by atoms with van der Waals surface area (Å²) in [4.78, 5) is 31.5. The van der Waals surface area contributed by atoms with Gasteiger partial charge in [0.05, 0.1) is 11.9 Å². The number of hydrogen-bond acceptors (Lipinski definition) is 3. The number of nitrogens with one attached hydrogen (secondary N) is 1. The Labute approximate surface area is 162 Å². The maximum Gasteiger partial charge on any atom is 0.275 e. The molecule has 6 nitrogen and oxygen atoms in total. The van der Waals surface area contributed by atoms with Gasteiger partial charge >= 0.3 is 0 Å². The molecule has 2 aliphatic rings. The van der Waals surface area contributed by atoms with Gasteiger partial charge in [0.2, 0.25) is 5.91 Å². The molecule has 6 heteroatoms. The van der Waals surface area contributed by atoms with Crippen LogP contribution in [0.5, 0.6) is 0 Å². The molecule has 0 radical (unpaired) electrons. The second-order valence-electron chi connectivity index (χ2n) is 7.41. The van der Waals surface area contributed by atoms with Gasteiger partial charge in [-0.1, -0.05) is 48.5 Å². The summed E-state index contributed by atoms with van der Waals surface area (Å²) in [6, 6.07) is 17.6. The first kappa shape index (κ1) is 16.7. The van der Waals surface area contributed by atoms with E-state index in [-0.39, 0.29) is 18.4 Å². The van der Waals surface area contributed by atoms with E-state index in [0.29, 0.717) is 6.54 Å². The van der Waals surface area contributed by atoms with Crippen LogP contribution in [0.2, 0.25) is 0 Å². The topological polar surface area (TPSA) is 68.8 Å². The summed E-state index contributed by atoms with van der Waals surface area (Å²) in [6.07, 6.45) is 2.36. The molecule has 2 aliphatic heterocycles. The molecule has 0 unspecified atom stereocenters. The number of carbonyl (C=O) groups is 2. The normalized spacial score (nSPS) is 22.0. The van der Waals surface area contributed by atoms with Gasteiger partial charge in [0.25, 0.3) is 5.91 Å². The number of rotatable bonds is 2. The summed E-state index contributed by atoms with van der Waals surface area (Å²) in [6.45, 7) is 2.32. The fourth-order valence-electron chi connectivity index (χ4n) is 4.36. The lowest BCUT2D eigenvalue weighted by Gasteiger charge is -2.48. The molecule has 3 heterocycles. The molecule has 0 spiro atoms. The Kier molecular flexibility index (Phi) is 3.62. The Morgan fingerprint density at radius 1 is 1.07 bits per heavy atom. The Bertz CT molecular complexity index is 1120. The molecule has 0 aliphatic carbocycles. The van der Waals surface area contributed by atoms with Gasteiger partial charge in [0, 0.05) is 17.4 Å². The minimum atomic E-state index is -1.07. The summed E-state index contributed by atoms with van der Waals surface area (Å²) in [5, 5.41) is 6.76. The zero-order chi connectivity index (χ0) is 19.3. The molecule has 0 saturated carbocycles. The highest BCUT2D eigenvalue weighted by Crippen LogP contribution is 2.41. The van der Waals surface area contributed by atoms with E-state index in [9.17, 15) is 9.59 Å². The monoisotopic (exact) mass is 372 g/mol. The first-order valence-electron chi connectivity index (χ1n) is 9.40. The minimum absolute atomic E-state index is 0.0344. The molecular formula is C22H20N4O2. The van der Waals surface area contributed by atoms with Crippen LogP contribution < -0.4 is 0 Å². The fourth-order valence-corrected chi connectivity index (χ4v) is 4.36. The first-order valence-corrected chi connectivity index (χ1v) is 9.40. The number of nitrogens with zero attached hydrogens (tertiary/aromatic N) is 3. The number of benzene rings is 2. The lowest BCUT2D eigenvalue weighted by Crippen LogP contribution is -2.65. The molecule has 2 aromatic carbocycles. The van der Waals surface area contributed by atoms with Crippen molar-refractivity contribution in [2.24, 2.45) is 5.10 Å². The molecule has 1 fully saturated rings. The van der Waals surface area contributed by atoms with Crippen molar-refractivity contribution in [3.8, 4) is 0 Å². The van der Waals surface area contributed by atoms with E-state index in [1.165, 1.54) is 5.01 Å². The van der Waals surface area contributed by atoms with Crippen molar-refractivity contribution in [1.82, 2.24) is 14.9 Å². The van der Waals surface area contributed by atoms with Crippen molar-refractivity contribution in [3.05, 3.63) is 71.4 Å². The highest BCUT2D eigenvalue weighted by molar-refractivity contribution is 6.01. The number of hydrogen-bond donors (Lipinski definition) is 1. The number of aromatic amines is 1. The predicted octanol–water partition coefficient (Wildman–Crippen LogP) is 2.64. The SMILES string of the molecule is C[C@@]12C(=O)N(/N=C/c3ccccc3)CC(=O)N1CCc1c2[nH]c2ccccc12. The van der Waals surface area contributed by atoms with Crippen LogP contribution in [-0.2, 0) is 21.5 Å². The molecule has 28 heavy (non-hydrogen) atoms. The van der Waals surface area contributed by atoms with Crippen molar-refractivity contribution in [1.29, 1.82) is 0 Å². The van der Waals surface area contributed by atoms with Crippen molar-refractivity contribution in [3.63, 3.8) is 0 Å². The van der Waals surface area contributed by atoms with E-state index in [0.717, 1.165) is 34.1 Å². The summed E-state index contributed by atoms with van der Waals surface area (Å²) in [7, 11) is 0. The van der Waals surface area contributed by atoms with Gasteiger partial charge < -0.3 is 9.88 Å². The van der Waals surface area contributed by atoms with E-state index in [2.05, 4.69) is 16.2 Å². The van der Waals surface area contributed by atoms with Gasteiger partial charge in [-0.05, 0) is 30.5 Å². The van der Waals surface area contributed by atoms with E-state index < -0.39 is 5.54 Å². The van der Waals surface area contributed by atoms with E-state index in [4.69, 9.17) is 0 Å². The lowest BCUT2D eigenvalue weighted by atomic mass is 9.83. The van der Waals surface area contributed by atoms with Crippen LogP contribution in [0.25, 0.3) is 10.9 Å². The number of fused-ring (bicyclic) bond motifs is 5. The number of amides is 2. The van der Waals surface area contributed by atoms with Crippen LogP contribution in [-0.4, -0.2) is 46.0 Å². The average Bonchev–Trinajstić information content (AvgIpc) is 3.11. The van der Waals surface area contributed by atoms with Crippen molar-refractivity contribution in [2.75, 3.05) is 13.1 Å². The first-order chi connectivity index (χ1) is 13.6. The number of para-hydroxylation sites is 1. The van der Waals surface area contributed by atoms with Crippen LogP contribution in [0, 0.1) is 0 Å². The number of carbonyl (C=O) groups excluding carboxylic acids is 2. The van der Waals surface area contributed by atoms with Gasteiger partial charge in [-0.25, -0.2) is 5.01 Å². The van der Waals surface area contributed by atoms with E-state index in [1.54, 1.807) is 11.1 Å². The molecule has 1 saturated heterocycles. The molecule has 140 valence electrons. The molecular weight excluding hydrogens is 352 g/mol. The average molecular weight is 372 g/mol. The van der Waals surface area contributed by atoms with Crippen LogP contribution in [0.4, 0.5) is 0 Å². The molecule has 3 aromatic rings.